The fourth-order valence-electron chi connectivity index (χ4n) is 1.57. The van der Waals surface area contributed by atoms with E-state index in [4.69, 9.17) is 10.2 Å². The summed E-state index contributed by atoms with van der Waals surface area (Å²) in [7, 11) is 0. The van der Waals surface area contributed by atoms with Crippen molar-refractivity contribution >= 4 is 5.97 Å². The minimum atomic E-state index is -1.11. The maximum Gasteiger partial charge on any atom is 0.339 e. The molecule has 1 aromatic carbocycles. The molecule has 2 N–H and O–H groups in total. The molecule has 1 aromatic rings. The van der Waals surface area contributed by atoms with E-state index in [1.54, 1.807) is 12.1 Å². The third kappa shape index (κ3) is 9.58. The van der Waals surface area contributed by atoms with E-state index < -0.39 is 5.97 Å². The molecule has 0 heterocycles. The summed E-state index contributed by atoms with van der Waals surface area (Å²) >= 11 is 0.750. The van der Waals surface area contributed by atoms with Gasteiger partial charge in [0.15, 0.2) is 0 Å². The van der Waals surface area contributed by atoms with Gasteiger partial charge in [-0.25, -0.2) is 4.79 Å². The second-order valence-electron chi connectivity index (χ2n) is 6.15. The van der Waals surface area contributed by atoms with Gasteiger partial charge in [-0.1, -0.05) is 12.1 Å². The summed E-state index contributed by atoms with van der Waals surface area (Å²) in [6.45, 7) is 13.9. The second kappa shape index (κ2) is 6.98. The standard InChI is InChI=1S/C7H6O3.2C4H9.Cr/c8-6-4-2-1-3-5(6)7(9)10;2*1-4(2)3;/h1-4,8H,(H,9,10);2*1-3H3;. The summed E-state index contributed by atoms with van der Waals surface area (Å²) in [6, 6.07) is 5.81. The molecule has 1 rings (SSSR count). The zero-order chi connectivity index (χ0) is 15.3. The van der Waals surface area contributed by atoms with Gasteiger partial charge >= 0.3 is 71.3 Å². The number of carbonyl (C=O) groups is 1. The number of rotatable bonds is 1. The van der Waals surface area contributed by atoms with Crippen LogP contribution in [0.15, 0.2) is 24.3 Å². The molecule has 0 aliphatic carbocycles. The number of carboxylic acid groups (broad SMARTS) is 1. The summed E-state index contributed by atoms with van der Waals surface area (Å²) in [5, 5.41) is 17.3. The molecule has 0 aliphatic heterocycles. The van der Waals surface area contributed by atoms with Crippen LogP contribution in [-0.2, 0) is 15.2 Å². The predicted octanol–water partition coefficient (Wildman–Crippen LogP) is 4.60. The third-order valence-corrected chi connectivity index (χ3v) is 3.66. The Labute approximate surface area is 122 Å². The Bertz CT molecular complexity index is 402. The van der Waals surface area contributed by atoms with Crippen LogP contribution < -0.4 is 0 Å². The predicted molar refractivity (Wildman–Crippen MR) is 74.5 cm³/mol. The van der Waals surface area contributed by atoms with E-state index in [9.17, 15) is 4.79 Å². The van der Waals surface area contributed by atoms with E-state index in [0.29, 0.717) is 8.55 Å². The van der Waals surface area contributed by atoms with Crippen molar-refractivity contribution in [3.8, 4) is 5.75 Å². The Hall–Kier alpha value is -0.978. The third-order valence-electron chi connectivity index (χ3n) is 1.75. The number of aromatic carboxylic acids is 1. The van der Waals surface area contributed by atoms with Gasteiger partial charge in [-0.15, -0.1) is 0 Å². The maximum absolute atomic E-state index is 10.3. The molecule has 0 atom stereocenters. The average molecular weight is 304 g/mol. The molecule has 19 heavy (non-hydrogen) atoms. The first-order valence-corrected chi connectivity index (χ1v) is 7.41. The van der Waals surface area contributed by atoms with Gasteiger partial charge in [-0.3, -0.25) is 0 Å². The van der Waals surface area contributed by atoms with Crippen LogP contribution in [0.25, 0.3) is 0 Å². The van der Waals surface area contributed by atoms with Crippen molar-refractivity contribution in [3.63, 3.8) is 0 Å². The molecule has 0 radical (unpaired) electrons. The molecular formula is C15H24CrO3. The number of aromatic hydroxyl groups is 1. The molecule has 0 fully saturated rings. The molecule has 0 unspecified atom stereocenters. The van der Waals surface area contributed by atoms with Gasteiger partial charge in [-0.05, 0) is 12.1 Å². The second-order valence-corrected chi connectivity index (χ2v) is 10.3. The van der Waals surface area contributed by atoms with Gasteiger partial charge in [0, 0.05) is 0 Å². The van der Waals surface area contributed by atoms with Crippen LogP contribution >= 0.6 is 0 Å². The summed E-state index contributed by atoms with van der Waals surface area (Å²) < 4.78 is 1.09. The zero-order valence-corrected chi connectivity index (χ0v) is 13.8. The van der Waals surface area contributed by atoms with Gasteiger partial charge in [0.05, 0.1) is 0 Å². The molecule has 0 aliphatic rings. The molecule has 0 spiro atoms. The summed E-state index contributed by atoms with van der Waals surface area (Å²) in [4.78, 5) is 10.3. The Morgan fingerprint density at radius 1 is 1.00 bits per heavy atom. The van der Waals surface area contributed by atoms with E-state index in [0.717, 1.165) is 15.2 Å². The molecule has 0 aromatic heterocycles. The first kappa shape index (κ1) is 18.0. The average Bonchev–Trinajstić information content (AvgIpc) is 2.12. The number of benzene rings is 1. The van der Waals surface area contributed by atoms with Gasteiger partial charge in [0.2, 0.25) is 0 Å². The molecule has 108 valence electrons. The number of carboxylic acids is 1. The van der Waals surface area contributed by atoms with Crippen molar-refractivity contribution in [2.45, 2.75) is 50.1 Å². The molecule has 0 bridgehead atoms. The van der Waals surface area contributed by atoms with Crippen LogP contribution in [0, 0.1) is 0 Å². The fraction of sp³-hybridized carbons (Fsp3) is 0.533. The first-order valence-electron chi connectivity index (χ1n) is 6.14. The van der Waals surface area contributed by atoms with Crippen molar-refractivity contribution in [1.82, 2.24) is 0 Å². The van der Waals surface area contributed by atoms with Crippen LogP contribution in [0.2, 0.25) is 8.55 Å². The van der Waals surface area contributed by atoms with Crippen molar-refractivity contribution < 1.29 is 30.2 Å². The Morgan fingerprint density at radius 3 is 1.63 bits per heavy atom. The van der Waals surface area contributed by atoms with Crippen molar-refractivity contribution in [2.24, 2.45) is 0 Å². The van der Waals surface area contributed by atoms with Crippen LogP contribution in [0.3, 0.4) is 0 Å². The first-order chi connectivity index (χ1) is 8.42. The summed E-state index contributed by atoms with van der Waals surface area (Å²) in [5.41, 5.74) is -0.0671. The molecule has 3 nitrogen and oxygen atoms in total. The molecule has 0 amide bonds. The molecule has 4 heteroatoms. The van der Waals surface area contributed by atoms with Crippen LogP contribution in [0.1, 0.15) is 51.9 Å². The van der Waals surface area contributed by atoms with Gasteiger partial charge in [0.1, 0.15) is 11.3 Å². The quantitative estimate of drug-likeness (QED) is 0.797. The number of hydrogen-bond acceptors (Lipinski definition) is 2. The normalized spacial score (nSPS) is 11.5. The topological polar surface area (TPSA) is 57.5 Å². The van der Waals surface area contributed by atoms with E-state index in [-0.39, 0.29) is 11.3 Å². The van der Waals surface area contributed by atoms with Crippen molar-refractivity contribution in [2.75, 3.05) is 0 Å². The number of hydrogen-bond donors (Lipinski definition) is 2. The summed E-state index contributed by atoms with van der Waals surface area (Å²) in [6.07, 6.45) is 0. The van der Waals surface area contributed by atoms with Gasteiger partial charge < -0.3 is 10.2 Å². The minimum absolute atomic E-state index is 0.0671. The molecular weight excluding hydrogens is 280 g/mol. The largest absolute Gasteiger partial charge is 0.507 e. The van der Waals surface area contributed by atoms with Gasteiger partial charge in [0.25, 0.3) is 0 Å². The maximum atomic E-state index is 10.3. The molecule has 0 saturated carbocycles. The minimum Gasteiger partial charge on any atom is -0.507 e. The summed E-state index contributed by atoms with van der Waals surface area (Å²) in [5.74, 6) is -1.31. The van der Waals surface area contributed by atoms with Gasteiger partial charge in [-0.2, -0.15) is 0 Å². The number of phenols is 1. The van der Waals surface area contributed by atoms with Crippen LogP contribution in [0.4, 0.5) is 0 Å². The Kier molecular flexibility index (Phi) is 6.62. The van der Waals surface area contributed by atoms with E-state index >= 15 is 0 Å². The number of para-hydroxylation sites is 1. The van der Waals surface area contributed by atoms with Crippen molar-refractivity contribution in [3.05, 3.63) is 29.8 Å². The monoisotopic (exact) mass is 304 g/mol. The van der Waals surface area contributed by atoms with Crippen molar-refractivity contribution in [1.29, 1.82) is 0 Å². The zero-order valence-electron chi connectivity index (χ0n) is 12.5. The van der Waals surface area contributed by atoms with E-state index in [1.807, 2.05) is 0 Å². The smallest absolute Gasteiger partial charge is 0.339 e. The Balaban J connectivity index is 0.000000344. The SMILES string of the molecule is C[C](C)(C)[Cr][C](C)(C)C.O=C(O)c1ccccc1O. The molecule has 0 saturated heterocycles. The Morgan fingerprint density at radius 2 is 1.42 bits per heavy atom. The van der Waals surface area contributed by atoms with Crippen LogP contribution in [-0.4, -0.2) is 16.2 Å². The fourth-order valence-corrected chi connectivity index (χ4v) is 4.44. The van der Waals surface area contributed by atoms with Crippen LogP contribution in [0.5, 0.6) is 5.75 Å². The van der Waals surface area contributed by atoms with E-state index in [2.05, 4.69) is 41.5 Å². The van der Waals surface area contributed by atoms with E-state index in [1.165, 1.54) is 12.1 Å².